The standard InChI is InChI=1S/C23H20N4O3/c1-24-21(28)20-11-19-18(8-9-26-22(19)30-20)17-10-16(12-25-13-17)14-4-6-15(7-5-14)23(29)27(2)3/h4-13H,1-3H3,(H,24,28). The van der Waals surface area contributed by atoms with Crippen molar-refractivity contribution in [3.8, 4) is 22.3 Å². The van der Waals surface area contributed by atoms with Crippen molar-refractivity contribution >= 4 is 22.9 Å². The molecule has 0 aliphatic heterocycles. The third-order valence-electron chi connectivity index (χ3n) is 4.81. The molecule has 0 saturated carbocycles. The molecule has 0 fully saturated rings. The second-order valence-corrected chi connectivity index (χ2v) is 7.01. The highest BCUT2D eigenvalue weighted by molar-refractivity contribution is 6.00. The predicted octanol–water partition coefficient (Wildman–Crippen LogP) is 3.62. The number of furan rings is 1. The molecule has 0 spiro atoms. The number of hydrogen-bond acceptors (Lipinski definition) is 5. The molecule has 0 aliphatic rings. The number of nitrogens with one attached hydrogen (secondary N) is 1. The summed E-state index contributed by atoms with van der Waals surface area (Å²) in [6.45, 7) is 0. The molecule has 0 aliphatic carbocycles. The highest BCUT2D eigenvalue weighted by atomic mass is 16.4. The van der Waals surface area contributed by atoms with Crippen LogP contribution in [0.4, 0.5) is 0 Å². The summed E-state index contributed by atoms with van der Waals surface area (Å²) in [6.07, 6.45) is 5.17. The zero-order valence-corrected chi connectivity index (χ0v) is 16.8. The maximum absolute atomic E-state index is 12.1. The lowest BCUT2D eigenvalue weighted by atomic mass is 10.00. The molecule has 0 unspecified atom stereocenters. The largest absolute Gasteiger partial charge is 0.433 e. The van der Waals surface area contributed by atoms with Gasteiger partial charge in [-0.3, -0.25) is 14.6 Å². The molecule has 1 N–H and O–H groups in total. The summed E-state index contributed by atoms with van der Waals surface area (Å²) >= 11 is 0. The van der Waals surface area contributed by atoms with Gasteiger partial charge in [-0.05, 0) is 41.5 Å². The van der Waals surface area contributed by atoms with Gasteiger partial charge < -0.3 is 14.6 Å². The quantitative estimate of drug-likeness (QED) is 0.565. The molecule has 4 rings (SSSR count). The number of nitrogens with zero attached hydrogens (tertiary/aromatic N) is 3. The van der Waals surface area contributed by atoms with E-state index in [2.05, 4.69) is 15.3 Å². The van der Waals surface area contributed by atoms with Crippen molar-refractivity contribution in [1.29, 1.82) is 0 Å². The minimum Gasteiger partial charge on any atom is -0.433 e. The first-order valence-electron chi connectivity index (χ1n) is 9.36. The second kappa shape index (κ2) is 7.79. The number of rotatable bonds is 4. The van der Waals surface area contributed by atoms with Crippen LogP contribution in [-0.4, -0.2) is 47.8 Å². The summed E-state index contributed by atoms with van der Waals surface area (Å²) in [5.74, 6) is -0.143. The van der Waals surface area contributed by atoms with Crippen molar-refractivity contribution in [3.05, 3.63) is 72.4 Å². The lowest BCUT2D eigenvalue weighted by Gasteiger charge is -2.11. The fraction of sp³-hybridized carbons (Fsp3) is 0.130. The van der Waals surface area contributed by atoms with Gasteiger partial charge >= 0.3 is 0 Å². The molecule has 150 valence electrons. The van der Waals surface area contributed by atoms with Gasteiger partial charge in [-0.1, -0.05) is 12.1 Å². The Morgan fingerprint density at radius 2 is 1.70 bits per heavy atom. The van der Waals surface area contributed by atoms with Crippen LogP contribution < -0.4 is 5.32 Å². The third-order valence-corrected chi connectivity index (χ3v) is 4.81. The lowest BCUT2D eigenvalue weighted by Crippen LogP contribution is -2.21. The molecule has 4 aromatic rings. The van der Waals surface area contributed by atoms with E-state index in [1.54, 1.807) is 62.8 Å². The van der Waals surface area contributed by atoms with E-state index in [1.165, 1.54) is 0 Å². The molecule has 1 aromatic carbocycles. The molecule has 0 radical (unpaired) electrons. The fourth-order valence-corrected chi connectivity index (χ4v) is 3.23. The monoisotopic (exact) mass is 400 g/mol. The van der Waals surface area contributed by atoms with E-state index < -0.39 is 0 Å². The van der Waals surface area contributed by atoms with Gasteiger partial charge in [0.15, 0.2) is 5.76 Å². The third kappa shape index (κ3) is 3.53. The van der Waals surface area contributed by atoms with Gasteiger partial charge in [0.25, 0.3) is 11.8 Å². The number of pyridine rings is 2. The molecule has 3 heterocycles. The first-order valence-corrected chi connectivity index (χ1v) is 9.36. The maximum atomic E-state index is 12.1. The average Bonchev–Trinajstić information content (AvgIpc) is 3.22. The van der Waals surface area contributed by atoms with Crippen LogP contribution in [0, 0.1) is 0 Å². The van der Waals surface area contributed by atoms with E-state index in [-0.39, 0.29) is 17.6 Å². The van der Waals surface area contributed by atoms with E-state index in [9.17, 15) is 9.59 Å². The Labute approximate surface area is 173 Å². The van der Waals surface area contributed by atoms with E-state index in [1.807, 2.05) is 24.3 Å². The van der Waals surface area contributed by atoms with E-state index in [0.29, 0.717) is 11.3 Å². The lowest BCUT2D eigenvalue weighted by molar-refractivity contribution is 0.0827. The normalized spacial score (nSPS) is 10.8. The maximum Gasteiger partial charge on any atom is 0.286 e. The molecule has 3 aromatic heterocycles. The van der Waals surface area contributed by atoms with E-state index in [4.69, 9.17) is 4.42 Å². The Hall–Kier alpha value is -4.00. The topological polar surface area (TPSA) is 88.3 Å². The number of carbonyl (C=O) groups excluding carboxylic acids is 2. The number of amides is 2. The number of hydrogen-bond donors (Lipinski definition) is 1. The van der Waals surface area contributed by atoms with Crippen LogP contribution in [0.2, 0.25) is 0 Å². The number of benzene rings is 1. The first kappa shape index (κ1) is 19.3. The summed E-state index contributed by atoms with van der Waals surface area (Å²) in [6, 6.07) is 13.0. The van der Waals surface area contributed by atoms with Crippen LogP contribution in [0.5, 0.6) is 0 Å². The Morgan fingerprint density at radius 3 is 2.40 bits per heavy atom. The van der Waals surface area contributed by atoms with Crippen LogP contribution >= 0.6 is 0 Å². The minimum absolute atomic E-state index is 0.0421. The second-order valence-electron chi connectivity index (χ2n) is 7.01. The van der Waals surface area contributed by atoms with Gasteiger partial charge in [0.2, 0.25) is 5.71 Å². The van der Waals surface area contributed by atoms with Crippen LogP contribution in [0.25, 0.3) is 33.4 Å². The molecule has 0 bridgehead atoms. The Morgan fingerprint density at radius 1 is 0.967 bits per heavy atom. The van der Waals surface area contributed by atoms with Crippen LogP contribution in [0.1, 0.15) is 20.9 Å². The van der Waals surface area contributed by atoms with Gasteiger partial charge in [-0.2, -0.15) is 0 Å². The Bertz CT molecular complexity index is 1240. The summed E-state index contributed by atoms with van der Waals surface area (Å²) in [4.78, 5) is 34.2. The van der Waals surface area contributed by atoms with E-state index >= 15 is 0 Å². The minimum atomic E-state index is -0.307. The SMILES string of the molecule is CNC(=O)c1cc2c(-c3cncc(-c4ccc(C(=O)N(C)C)cc4)c3)ccnc2o1. The van der Waals surface area contributed by atoms with Gasteiger partial charge in [0.05, 0.1) is 0 Å². The zero-order valence-electron chi connectivity index (χ0n) is 16.8. The summed E-state index contributed by atoms with van der Waals surface area (Å²) in [7, 11) is 5.00. The van der Waals surface area contributed by atoms with Crippen LogP contribution in [0.15, 0.2) is 65.5 Å². The number of carbonyl (C=O) groups is 2. The smallest absolute Gasteiger partial charge is 0.286 e. The van der Waals surface area contributed by atoms with Gasteiger partial charge in [0, 0.05) is 61.8 Å². The molecular weight excluding hydrogens is 380 g/mol. The summed E-state index contributed by atoms with van der Waals surface area (Å²) in [5.41, 5.74) is 4.62. The van der Waals surface area contributed by atoms with Crippen molar-refractivity contribution in [2.45, 2.75) is 0 Å². The molecule has 7 heteroatoms. The van der Waals surface area contributed by atoms with Crippen LogP contribution in [-0.2, 0) is 0 Å². The van der Waals surface area contributed by atoms with Gasteiger partial charge in [-0.25, -0.2) is 4.98 Å². The van der Waals surface area contributed by atoms with Crippen LogP contribution in [0.3, 0.4) is 0 Å². The molecule has 2 amide bonds. The molecule has 0 saturated heterocycles. The van der Waals surface area contributed by atoms with Crippen molar-refractivity contribution < 1.29 is 14.0 Å². The zero-order chi connectivity index (χ0) is 21.3. The van der Waals surface area contributed by atoms with Gasteiger partial charge in [-0.15, -0.1) is 0 Å². The summed E-state index contributed by atoms with van der Waals surface area (Å²) < 4.78 is 5.57. The molecular formula is C23H20N4O3. The molecule has 7 nitrogen and oxygen atoms in total. The highest BCUT2D eigenvalue weighted by Crippen LogP contribution is 2.31. The predicted molar refractivity (Wildman–Crippen MR) is 114 cm³/mol. The Balaban J connectivity index is 1.73. The highest BCUT2D eigenvalue weighted by Gasteiger charge is 2.15. The molecule has 30 heavy (non-hydrogen) atoms. The van der Waals surface area contributed by atoms with Crippen molar-refractivity contribution in [2.24, 2.45) is 0 Å². The molecule has 0 atom stereocenters. The number of fused-ring (bicyclic) bond motifs is 1. The Kier molecular flexibility index (Phi) is 5.02. The first-order chi connectivity index (χ1) is 14.5. The van der Waals surface area contributed by atoms with Crippen molar-refractivity contribution in [2.75, 3.05) is 21.1 Å². The van der Waals surface area contributed by atoms with Gasteiger partial charge in [0.1, 0.15) is 0 Å². The van der Waals surface area contributed by atoms with Crippen molar-refractivity contribution in [1.82, 2.24) is 20.2 Å². The number of aromatic nitrogens is 2. The van der Waals surface area contributed by atoms with Crippen molar-refractivity contribution in [3.63, 3.8) is 0 Å². The average molecular weight is 400 g/mol. The van der Waals surface area contributed by atoms with E-state index in [0.717, 1.165) is 27.6 Å². The summed E-state index contributed by atoms with van der Waals surface area (Å²) in [5, 5.41) is 3.29. The fourth-order valence-electron chi connectivity index (χ4n) is 3.23.